The summed E-state index contributed by atoms with van der Waals surface area (Å²) in [7, 11) is 0. The van der Waals surface area contributed by atoms with Crippen LogP contribution >= 0.6 is 0 Å². The minimum absolute atomic E-state index is 0.843. The summed E-state index contributed by atoms with van der Waals surface area (Å²) in [5, 5.41) is 12.0. The molecule has 0 aliphatic rings. The monoisotopic (exact) mass is 843 g/mol. The van der Waals surface area contributed by atoms with Crippen LogP contribution in [0.3, 0.4) is 0 Å². The Kier molecular flexibility index (Phi) is 10.6. The molecular weight excluding hydrogens is 799 g/mol. The first-order valence-electron chi connectivity index (χ1n) is 22.4. The van der Waals surface area contributed by atoms with Crippen molar-refractivity contribution in [2.45, 2.75) is 0 Å². The summed E-state index contributed by atoms with van der Waals surface area (Å²) in [6.45, 7) is 8.27. The standard InChI is InChI=1S/C64H45NO/c1-3-5-23-54(41-52-21-13-29-61-62-42-50-18-6-7-19-51(50)43-63(62)66-64(52)61)65(53-37-34-49(35-38-53)58-27-14-28-59-57-25-11-9-17-47(57)36-39-60(58)59)40-15-22-44(4-2)45-30-32-48(33-31-45)56-26-12-20-46-16-8-10-24-55(46)56/h3-43H,1-2H2/b23-5-,40-15+,44-22+,54-41-. The smallest absolute Gasteiger partial charge is 0.142 e. The van der Waals surface area contributed by atoms with E-state index in [9.17, 15) is 0 Å². The van der Waals surface area contributed by atoms with Crippen LogP contribution in [-0.2, 0) is 0 Å². The molecule has 0 saturated heterocycles. The molecule has 2 heteroatoms. The number of hydrogen-bond donors (Lipinski definition) is 0. The lowest BCUT2D eigenvalue weighted by Crippen LogP contribution is -2.14. The molecule has 0 radical (unpaired) electrons. The summed E-state index contributed by atoms with van der Waals surface area (Å²) in [6, 6.07) is 71.5. The summed E-state index contributed by atoms with van der Waals surface area (Å²) >= 11 is 0. The second-order valence-corrected chi connectivity index (χ2v) is 16.6. The first kappa shape index (κ1) is 40.1. The maximum absolute atomic E-state index is 6.70. The van der Waals surface area contributed by atoms with Crippen molar-refractivity contribution in [2.75, 3.05) is 4.90 Å². The Morgan fingerprint density at radius 1 is 0.470 bits per heavy atom. The van der Waals surface area contributed by atoms with Crippen molar-refractivity contribution in [1.29, 1.82) is 0 Å². The molecule has 1 aromatic heterocycles. The molecule has 0 bridgehead atoms. The minimum atomic E-state index is 0.843. The van der Waals surface area contributed by atoms with Crippen molar-refractivity contribution < 1.29 is 4.42 Å². The SMILES string of the molecule is C=C/C=C\C(=C\c1cccc2c1oc1cc3ccccc3cc12)N(/C=C/C=C(\C=C)c1ccc(-c2cccc3ccccc23)cc1)c1ccc(-c2cccc3c2ccc2ccccc23)cc1. The Balaban J connectivity index is 1.01. The molecule has 66 heavy (non-hydrogen) atoms. The van der Waals surface area contributed by atoms with Crippen LogP contribution in [0.1, 0.15) is 11.1 Å². The lowest BCUT2D eigenvalue weighted by Gasteiger charge is -2.23. The molecule has 0 aliphatic heterocycles. The lowest BCUT2D eigenvalue weighted by molar-refractivity contribution is 0.668. The molecule has 10 aromatic carbocycles. The van der Waals surface area contributed by atoms with Gasteiger partial charge in [0.15, 0.2) is 0 Å². The van der Waals surface area contributed by atoms with Gasteiger partial charge < -0.3 is 9.32 Å². The Labute approximate surface area is 385 Å². The first-order chi connectivity index (χ1) is 32.6. The maximum atomic E-state index is 6.70. The number of hydrogen-bond acceptors (Lipinski definition) is 2. The predicted molar refractivity (Wildman–Crippen MR) is 285 cm³/mol. The molecule has 0 amide bonds. The average Bonchev–Trinajstić information content (AvgIpc) is 3.75. The third-order valence-corrected chi connectivity index (χ3v) is 12.7. The van der Waals surface area contributed by atoms with E-state index in [0.717, 1.165) is 61.0 Å². The van der Waals surface area contributed by atoms with Crippen LogP contribution in [-0.4, -0.2) is 0 Å². The molecular formula is C64H45NO. The number of benzene rings is 10. The summed E-state index contributed by atoms with van der Waals surface area (Å²) in [5.41, 5.74) is 11.5. The Bertz CT molecular complexity index is 3780. The largest absolute Gasteiger partial charge is 0.455 e. The molecule has 0 N–H and O–H groups in total. The molecule has 0 fully saturated rings. The van der Waals surface area contributed by atoms with Gasteiger partial charge >= 0.3 is 0 Å². The zero-order valence-electron chi connectivity index (χ0n) is 36.4. The van der Waals surface area contributed by atoms with Crippen LogP contribution in [0.2, 0.25) is 0 Å². The lowest BCUT2D eigenvalue weighted by atomic mass is 9.94. The Hall–Kier alpha value is -8.72. The summed E-state index contributed by atoms with van der Waals surface area (Å²) in [5.74, 6) is 0. The normalized spacial score (nSPS) is 12.4. The number of para-hydroxylation sites is 1. The summed E-state index contributed by atoms with van der Waals surface area (Å²) in [6.07, 6.45) is 16.4. The van der Waals surface area contributed by atoms with Gasteiger partial charge in [-0.15, -0.1) is 0 Å². The molecule has 2 nitrogen and oxygen atoms in total. The second kappa shape index (κ2) is 17.4. The fraction of sp³-hybridized carbons (Fsp3) is 0. The number of nitrogens with zero attached hydrogens (tertiary/aromatic N) is 1. The fourth-order valence-corrected chi connectivity index (χ4v) is 9.39. The zero-order chi connectivity index (χ0) is 44.4. The van der Waals surface area contributed by atoms with Crippen molar-refractivity contribution in [3.8, 4) is 22.3 Å². The maximum Gasteiger partial charge on any atom is 0.142 e. The molecule has 11 rings (SSSR count). The van der Waals surface area contributed by atoms with E-state index in [4.69, 9.17) is 4.42 Å². The number of allylic oxidation sites excluding steroid dienone is 7. The van der Waals surface area contributed by atoms with Crippen LogP contribution < -0.4 is 4.90 Å². The molecule has 0 saturated carbocycles. The number of fused-ring (bicyclic) bond motifs is 8. The van der Waals surface area contributed by atoms with Crippen molar-refractivity contribution >= 4 is 82.4 Å². The van der Waals surface area contributed by atoms with Gasteiger partial charge in [0, 0.05) is 33.9 Å². The molecule has 0 atom stereocenters. The molecule has 312 valence electrons. The van der Waals surface area contributed by atoms with Gasteiger partial charge in [0.05, 0.1) is 0 Å². The molecule has 0 spiro atoms. The number of furan rings is 1. The van der Waals surface area contributed by atoms with E-state index < -0.39 is 0 Å². The van der Waals surface area contributed by atoms with E-state index in [-0.39, 0.29) is 0 Å². The van der Waals surface area contributed by atoms with Gasteiger partial charge in [-0.05, 0) is 119 Å². The highest BCUT2D eigenvalue weighted by atomic mass is 16.3. The van der Waals surface area contributed by atoms with Gasteiger partial charge in [-0.1, -0.05) is 213 Å². The first-order valence-corrected chi connectivity index (χ1v) is 22.4. The fourth-order valence-electron chi connectivity index (χ4n) is 9.39. The molecule has 0 aliphatic carbocycles. The van der Waals surface area contributed by atoms with Gasteiger partial charge in [0.2, 0.25) is 0 Å². The number of rotatable bonds is 11. The second-order valence-electron chi connectivity index (χ2n) is 16.6. The molecule has 11 aromatic rings. The highest BCUT2D eigenvalue weighted by molar-refractivity contribution is 6.13. The van der Waals surface area contributed by atoms with E-state index in [0.29, 0.717) is 0 Å². The van der Waals surface area contributed by atoms with E-state index in [1.54, 1.807) is 0 Å². The van der Waals surface area contributed by atoms with Crippen LogP contribution in [0.5, 0.6) is 0 Å². The van der Waals surface area contributed by atoms with Gasteiger partial charge in [-0.2, -0.15) is 0 Å². The van der Waals surface area contributed by atoms with Crippen LogP contribution in [0, 0.1) is 0 Å². The van der Waals surface area contributed by atoms with Gasteiger partial charge in [0.1, 0.15) is 11.2 Å². The van der Waals surface area contributed by atoms with Crippen LogP contribution in [0.15, 0.2) is 266 Å². The van der Waals surface area contributed by atoms with Crippen molar-refractivity contribution in [3.63, 3.8) is 0 Å². The summed E-state index contributed by atoms with van der Waals surface area (Å²) < 4.78 is 6.70. The molecule has 0 unspecified atom stereocenters. The minimum Gasteiger partial charge on any atom is -0.455 e. The van der Waals surface area contributed by atoms with Crippen molar-refractivity contribution in [3.05, 3.63) is 273 Å². The van der Waals surface area contributed by atoms with Crippen LogP contribution in [0.25, 0.3) is 98.9 Å². The highest BCUT2D eigenvalue weighted by Gasteiger charge is 2.15. The third kappa shape index (κ3) is 7.51. The topological polar surface area (TPSA) is 16.4 Å². The van der Waals surface area contributed by atoms with E-state index in [2.05, 4.69) is 249 Å². The number of anilines is 1. The van der Waals surface area contributed by atoms with Crippen LogP contribution in [0.4, 0.5) is 5.69 Å². The van der Waals surface area contributed by atoms with Gasteiger partial charge in [-0.3, -0.25) is 0 Å². The van der Waals surface area contributed by atoms with Crippen molar-refractivity contribution in [1.82, 2.24) is 0 Å². The van der Waals surface area contributed by atoms with Gasteiger partial charge in [0.25, 0.3) is 0 Å². The van der Waals surface area contributed by atoms with E-state index in [1.807, 2.05) is 18.2 Å². The Morgan fingerprint density at radius 3 is 1.83 bits per heavy atom. The quantitative estimate of drug-likeness (QED) is 0.0953. The predicted octanol–water partition coefficient (Wildman–Crippen LogP) is 17.9. The zero-order valence-corrected chi connectivity index (χ0v) is 36.4. The average molecular weight is 844 g/mol. The highest BCUT2D eigenvalue weighted by Crippen LogP contribution is 2.38. The summed E-state index contributed by atoms with van der Waals surface area (Å²) in [4.78, 5) is 2.22. The van der Waals surface area contributed by atoms with Crippen molar-refractivity contribution in [2.24, 2.45) is 0 Å². The van der Waals surface area contributed by atoms with E-state index in [1.165, 1.54) is 54.4 Å². The van der Waals surface area contributed by atoms with Gasteiger partial charge in [-0.25, -0.2) is 0 Å². The molecule has 1 heterocycles. The van der Waals surface area contributed by atoms with E-state index >= 15 is 0 Å². The third-order valence-electron chi connectivity index (χ3n) is 12.7. The Morgan fingerprint density at radius 2 is 1.08 bits per heavy atom.